The maximum Gasteiger partial charge on any atom is 0.410 e. The number of pyridine rings is 1. The molecule has 1 aromatic heterocycles. The van der Waals surface area contributed by atoms with Gasteiger partial charge in [0, 0.05) is 38.9 Å². The Kier molecular flexibility index (Phi) is 6.29. The summed E-state index contributed by atoms with van der Waals surface area (Å²) in [6.07, 6.45) is -0.386. The summed E-state index contributed by atoms with van der Waals surface area (Å²) in [5.74, 6) is -2.80. The van der Waals surface area contributed by atoms with Crippen LogP contribution in [0.4, 0.5) is 19.4 Å². The number of piperazine rings is 1. The first-order valence-corrected chi connectivity index (χ1v) is 8.67. The van der Waals surface area contributed by atoms with Crippen LogP contribution in [-0.4, -0.2) is 61.5 Å². The molecule has 0 spiro atoms. The van der Waals surface area contributed by atoms with Crippen molar-refractivity contribution in [3.8, 4) is 0 Å². The number of ether oxygens (including phenoxy) is 2. The Morgan fingerprint density at radius 1 is 1.23 bits per heavy atom. The first kappa shape index (κ1) is 20.6. The number of carbonyl (C=O) groups is 1. The highest BCUT2D eigenvalue weighted by atomic mass is 35.5. The van der Waals surface area contributed by atoms with Gasteiger partial charge in [0.15, 0.2) is 0 Å². The summed E-state index contributed by atoms with van der Waals surface area (Å²) < 4.78 is 38.1. The van der Waals surface area contributed by atoms with Gasteiger partial charge in [0.1, 0.15) is 23.2 Å². The summed E-state index contributed by atoms with van der Waals surface area (Å²) in [4.78, 5) is 19.7. The fourth-order valence-electron chi connectivity index (χ4n) is 2.57. The summed E-state index contributed by atoms with van der Waals surface area (Å²) in [5.41, 5.74) is -0.811. The predicted molar refractivity (Wildman–Crippen MR) is 95.0 cm³/mol. The Hall–Kier alpha value is -1.67. The van der Waals surface area contributed by atoms with Gasteiger partial charge in [-0.1, -0.05) is 11.6 Å². The number of nitrogens with zero attached hydrogens (tertiary/aromatic N) is 3. The lowest BCUT2D eigenvalue weighted by Crippen LogP contribution is -2.50. The van der Waals surface area contributed by atoms with E-state index in [1.165, 1.54) is 13.2 Å². The Bertz CT molecular complexity index is 645. The molecule has 2 heterocycles. The number of alkyl halides is 2. The Morgan fingerprint density at radius 2 is 1.85 bits per heavy atom. The van der Waals surface area contributed by atoms with Crippen LogP contribution in [0.3, 0.4) is 0 Å². The Morgan fingerprint density at radius 3 is 2.38 bits per heavy atom. The third kappa shape index (κ3) is 5.41. The highest BCUT2D eigenvalue weighted by Gasteiger charge is 2.33. The molecule has 1 fully saturated rings. The fraction of sp³-hybridized carbons (Fsp3) is 0.647. The van der Waals surface area contributed by atoms with Gasteiger partial charge >= 0.3 is 6.09 Å². The summed E-state index contributed by atoms with van der Waals surface area (Å²) >= 11 is 5.93. The molecule has 1 aromatic rings. The van der Waals surface area contributed by atoms with Crippen LogP contribution in [-0.2, 0) is 15.4 Å². The summed E-state index contributed by atoms with van der Waals surface area (Å²) in [6, 6.07) is 2.45. The Balaban J connectivity index is 2.07. The molecular formula is C17H24ClF2N3O3. The summed E-state index contributed by atoms with van der Waals surface area (Å²) in [7, 11) is 1.22. The topological polar surface area (TPSA) is 54.9 Å². The number of rotatable bonds is 4. The van der Waals surface area contributed by atoms with Gasteiger partial charge in [0.05, 0.1) is 0 Å². The van der Waals surface area contributed by atoms with Gasteiger partial charge in [-0.3, -0.25) is 0 Å². The number of anilines is 1. The zero-order valence-corrected chi connectivity index (χ0v) is 16.1. The molecular weight excluding hydrogens is 368 g/mol. The van der Waals surface area contributed by atoms with Crippen molar-refractivity contribution in [2.75, 3.05) is 44.8 Å². The van der Waals surface area contributed by atoms with E-state index in [2.05, 4.69) is 9.72 Å². The highest BCUT2D eigenvalue weighted by molar-refractivity contribution is 6.29. The molecule has 26 heavy (non-hydrogen) atoms. The maximum atomic E-state index is 14.1. The molecule has 0 radical (unpaired) electrons. The number of hydrogen-bond donors (Lipinski definition) is 0. The minimum absolute atomic E-state index is 0.0113. The van der Waals surface area contributed by atoms with Crippen LogP contribution < -0.4 is 4.90 Å². The van der Waals surface area contributed by atoms with Crippen LogP contribution in [0.5, 0.6) is 0 Å². The number of halogens is 3. The van der Waals surface area contributed by atoms with Gasteiger partial charge in [0.25, 0.3) is 5.92 Å². The van der Waals surface area contributed by atoms with Crippen molar-refractivity contribution in [2.45, 2.75) is 32.3 Å². The molecule has 146 valence electrons. The van der Waals surface area contributed by atoms with Crippen molar-refractivity contribution in [1.82, 2.24) is 9.88 Å². The average molecular weight is 392 g/mol. The quantitative estimate of drug-likeness (QED) is 0.735. The normalized spacial score (nSPS) is 16.0. The van der Waals surface area contributed by atoms with Crippen molar-refractivity contribution in [3.63, 3.8) is 0 Å². The van der Waals surface area contributed by atoms with Gasteiger partial charge in [0.2, 0.25) is 0 Å². The summed E-state index contributed by atoms with van der Waals surface area (Å²) in [6.45, 7) is 6.39. The van der Waals surface area contributed by atoms with E-state index in [0.29, 0.717) is 32.0 Å². The van der Waals surface area contributed by atoms with Gasteiger partial charge in [-0.25, -0.2) is 9.78 Å². The second-order valence-electron chi connectivity index (χ2n) is 7.13. The van der Waals surface area contributed by atoms with Crippen LogP contribution in [0.25, 0.3) is 0 Å². The monoisotopic (exact) mass is 391 g/mol. The van der Waals surface area contributed by atoms with Crippen molar-refractivity contribution in [3.05, 3.63) is 22.8 Å². The van der Waals surface area contributed by atoms with E-state index in [1.807, 2.05) is 4.90 Å². The van der Waals surface area contributed by atoms with E-state index in [4.69, 9.17) is 16.3 Å². The maximum absolute atomic E-state index is 14.1. The minimum atomic E-state index is -3.16. The molecule has 0 aliphatic carbocycles. The Labute approximate surface area is 157 Å². The average Bonchev–Trinajstić information content (AvgIpc) is 2.53. The van der Waals surface area contributed by atoms with E-state index in [1.54, 1.807) is 25.7 Å². The molecule has 0 saturated carbocycles. The van der Waals surface area contributed by atoms with Crippen molar-refractivity contribution in [1.29, 1.82) is 0 Å². The molecule has 2 rings (SSSR count). The van der Waals surface area contributed by atoms with E-state index in [-0.39, 0.29) is 16.8 Å². The van der Waals surface area contributed by atoms with Gasteiger partial charge in [-0.2, -0.15) is 8.78 Å². The van der Waals surface area contributed by atoms with Gasteiger partial charge in [-0.15, -0.1) is 0 Å². The largest absolute Gasteiger partial charge is 0.444 e. The lowest BCUT2D eigenvalue weighted by atomic mass is 10.1. The van der Waals surface area contributed by atoms with Crippen LogP contribution in [0.1, 0.15) is 26.3 Å². The zero-order valence-electron chi connectivity index (χ0n) is 15.4. The van der Waals surface area contributed by atoms with Crippen molar-refractivity contribution in [2.24, 2.45) is 0 Å². The molecule has 0 bridgehead atoms. The lowest BCUT2D eigenvalue weighted by molar-refractivity contribution is -0.0698. The van der Waals surface area contributed by atoms with E-state index in [9.17, 15) is 13.6 Å². The zero-order chi connectivity index (χ0) is 19.5. The second-order valence-corrected chi connectivity index (χ2v) is 7.52. The standard InChI is InChI=1S/C17H24ClF2N3O3/c1-16(2,3)26-15(24)23-7-5-22(6-8-23)14-10-12(9-13(18)21-14)17(19,20)11-25-4/h9-10H,5-8,11H2,1-4H3. The third-order valence-electron chi connectivity index (χ3n) is 3.78. The minimum Gasteiger partial charge on any atom is -0.444 e. The van der Waals surface area contributed by atoms with E-state index >= 15 is 0 Å². The lowest BCUT2D eigenvalue weighted by Gasteiger charge is -2.36. The molecule has 1 aliphatic rings. The molecule has 0 atom stereocenters. The van der Waals surface area contributed by atoms with Crippen LogP contribution >= 0.6 is 11.6 Å². The molecule has 0 aromatic carbocycles. The number of aromatic nitrogens is 1. The second kappa shape index (κ2) is 7.92. The van der Waals surface area contributed by atoms with Crippen LogP contribution in [0, 0.1) is 0 Å². The molecule has 9 heteroatoms. The molecule has 0 unspecified atom stereocenters. The first-order valence-electron chi connectivity index (χ1n) is 8.29. The number of methoxy groups -OCH3 is 1. The number of amides is 1. The smallest absolute Gasteiger partial charge is 0.410 e. The molecule has 6 nitrogen and oxygen atoms in total. The number of carbonyl (C=O) groups excluding carboxylic acids is 1. The van der Waals surface area contributed by atoms with Crippen molar-refractivity contribution >= 4 is 23.5 Å². The van der Waals surface area contributed by atoms with Gasteiger partial charge < -0.3 is 19.3 Å². The predicted octanol–water partition coefficient (Wildman–Crippen LogP) is 3.53. The highest BCUT2D eigenvalue weighted by Crippen LogP contribution is 2.32. The van der Waals surface area contributed by atoms with Gasteiger partial charge in [-0.05, 0) is 32.9 Å². The van der Waals surface area contributed by atoms with Crippen LogP contribution in [0.2, 0.25) is 5.15 Å². The fourth-order valence-corrected chi connectivity index (χ4v) is 2.77. The van der Waals surface area contributed by atoms with E-state index < -0.39 is 18.1 Å². The van der Waals surface area contributed by atoms with Crippen LogP contribution in [0.15, 0.2) is 12.1 Å². The molecule has 1 saturated heterocycles. The summed E-state index contributed by atoms with van der Waals surface area (Å²) in [5, 5.41) is -0.0113. The van der Waals surface area contributed by atoms with Crippen molar-refractivity contribution < 1.29 is 23.0 Å². The molecule has 1 amide bonds. The number of hydrogen-bond acceptors (Lipinski definition) is 5. The first-order chi connectivity index (χ1) is 12.0. The third-order valence-corrected chi connectivity index (χ3v) is 3.98. The SMILES string of the molecule is COCC(F)(F)c1cc(Cl)nc(N2CCN(C(=O)OC(C)(C)C)CC2)c1. The van der Waals surface area contributed by atoms with E-state index in [0.717, 1.165) is 6.07 Å². The molecule has 1 aliphatic heterocycles. The molecule has 0 N–H and O–H groups in total.